The average molecular weight is 1060 g/mol. The second-order valence-electron chi connectivity index (χ2n) is 20.1. The molecule has 11 nitrogen and oxygen atoms in total. The zero-order chi connectivity index (χ0) is 54.1. The lowest BCUT2D eigenvalue weighted by molar-refractivity contribution is -0.161. The highest BCUT2D eigenvalue weighted by Gasteiger charge is 2.28. The molecule has 2 N–H and O–H groups in total. The Hall–Kier alpha value is -2.82. The van der Waals surface area contributed by atoms with E-state index in [2.05, 4.69) is 75.5 Å². The zero-order valence-electron chi connectivity index (χ0n) is 47.6. The Kier molecular flexibility index (Phi) is 54.2. The third-order valence-corrected chi connectivity index (χ3v) is 13.9. The van der Waals surface area contributed by atoms with Gasteiger partial charge in [0.2, 0.25) is 0 Å². The first-order chi connectivity index (χ1) is 36.2. The van der Waals surface area contributed by atoms with Crippen LogP contribution >= 0.6 is 7.82 Å². The van der Waals surface area contributed by atoms with E-state index in [0.717, 1.165) is 70.6 Å². The summed E-state index contributed by atoms with van der Waals surface area (Å²) in [5.74, 6) is -1.52. The van der Waals surface area contributed by atoms with Gasteiger partial charge in [0.25, 0.3) is 0 Å². The molecule has 3 atom stereocenters. The Bertz CT molecular complexity index is 1470. The zero-order valence-corrected chi connectivity index (χ0v) is 48.5. The van der Waals surface area contributed by atoms with Crippen LogP contribution in [-0.2, 0) is 42.2 Å². The van der Waals surface area contributed by atoms with Crippen LogP contribution in [0.4, 0.5) is 0 Å². The van der Waals surface area contributed by atoms with Crippen LogP contribution in [0.15, 0.2) is 60.8 Å². The van der Waals surface area contributed by atoms with Gasteiger partial charge in [0, 0.05) is 19.3 Å². The topological polar surface area (TPSA) is 155 Å². The second-order valence-corrected chi connectivity index (χ2v) is 21.6. The van der Waals surface area contributed by atoms with Crippen molar-refractivity contribution in [2.75, 3.05) is 26.4 Å². The number of carbonyl (C=O) groups excluding carboxylic acids is 3. The maximum atomic E-state index is 12.9. The van der Waals surface area contributed by atoms with E-state index in [0.29, 0.717) is 25.7 Å². The Morgan fingerprint density at radius 3 is 1.08 bits per heavy atom. The highest BCUT2D eigenvalue weighted by Crippen LogP contribution is 2.43. The summed E-state index contributed by atoms with van der Waals surface area (Å²) in [7, 11) is -4.76. The molecule has 0 aliphatic carbocycles. The summed E-state index contributed by atoms with van der Waals surface area (Å²) in [6.45, 7) is 4.51. The van der Waals surface area contributed by atoms with Crippen molar-refractivity contribution in [2.45, 2.75) is 290 Å². The molecule has 74 heavy (non-hydrogen) atoms. The highest BCUT2D eigenvalue weighted by atomic mass is 31.2. The van der Waals surface area contributed by atoms with Crippen LogP contribution in [0.5, 0.6) is 0 Å². The molecule has 0 aromatic heterocycles. The SMILES string of the molecule is CC/C=C\C/C=C\C/C=C\C/C=C\C/C=C\CCCC(=O)OC(COC(=O)CCCCCCCCCCCCCCCCCCC)COP(=O)(O)OCC(CO)OC(=O)CCCCCCCCCCCCCCC. The number of allylic oxidation sites excluding steroid dienone is 10. The Balaban J connectivity index is 4.77. The number of rotatable bonds is 56. The molecule has 0 aromatic carbocycles. The number of esters is 3. The maximum Gasteiger partial charge on any atom is 0.472 e. The number of phosphoric ester groups is 1. The fraction of sp³-hybridized carbons (Fsp3) is 0.790. The van der Waals surface area contributed by atoms with Crippen molar-refractivity contribution < 1.29 is 52.2 Å². The predicted molar refractivity (Wildman–Crippen MR) is 307 cm³/mol. The molecule has 0 aliphatic rings. The quantitative estimate of drug-likeness (QED) is 0.0197. The molecule has 0 amide bonds. The van der Waals surface area contributed by atoms with Gasteiger partial charge in [-0.3, -0.25) is 23.4 Å². The molecule has 0 fully saturated rings. The van der Waals surface area contributed by atoms with Crippen molar-refractivity contribution in [3.05, 3.63) is 60.8 Å². The van der Waals surface area contributed by atoms with E-state index in [4.69, 9.17) is 23.3 Å². The van der Waals surface area contributed by atoms with Crippen LogP contribution in [-0.4, -0.2) is 66.5 Å². The first kappa shape index (κ1) is 71.2. The molecule has 0 rings (SSSR count). The lowest BCUT2D eigenvalue weighted by Gasteiger charge is -2.21. The van der Waals surface area contributed by atoms with Gasteiger partial charge in [-0.25, -0.2) is 4.57 Å². The molecule has 0 bridgehead atoms. The smallest absolute Gasteiger partial charge is 0.462 e. The summed E-state index contributed by atoms with van der Waals surface area (Å²) >= 11 is 0. The fourth-order valence-electron chi connectivity index (χ4n) is 8.39. The van der Waals surface area contributed by atoms with Crippen molar-refractivity contribution >= 4 is 25.7 Å². The maximum absolute atomic E-state index is 12.9. The van der Waals surface area contributed by atoms with Crippen LogP contribution in [0.25, 0.3) is 0 Å². The average Bonchev–Trinajstić information content (AvgIpc) is 3.39. The summed E-state index contributed by atoms with van der Waals surface area (Å²) in [6.07, 6.45) is 61.8. The van der Waals surface area contributed by atoms with E-state index in [-0.39, 0.29) is 25.9 Å². The predicted octanol–water partition coefficient (Wildman–Crippen LogP) is 17.9. The minimum Gasteiger partial charge on any atom is -0.462 e. The Morgan fingerprint density at radius 2 is 0.703 bits per heavy atom. The normalized spacial score (nSPS) is 13.7. The molecule has 0 saturated heterocycles. The van der Waals surface area contributed by atoms with Crippen molar-refractivity contribution in [3.63, 3.8) is 0 Å². The monoisotopic (exact) mass is 1060 g/mol. The Labute approximate surface area is 453 Å². The number of carbonyl (C=O) groups is 3. The summed E-state index contributed by atoms with van der Waals surface area (Å²) in [5.41, 5.74) is 0. The molecule has 3 unspecified atom stereocenters. The lowest BCUT2D eigenvalue weighted by atomic mass is 10.0. The molecule has 0 spiro atoms. The van der Waals surface area contributed by atoms with E-state index in [9.17, 15) is 28.9 Å². The second kappa shape index (κ2) is 56.4. The summed E-state index contributed by atoms with van der Waals surface area (Å²) in [6, 6.07) is 0. The van der Waals surface area contributed by atoms with Crippen molar-refractivity contribution in [3.8, 4) is 0 Å². The summed E-state index contributed by atoms with van der Waals surface area (Å²) < 4.78 is 39.5. The number of aliphatic hydroxyl groups excluding tert-OH is 1. The summed E-state index contributed by atoms with van der Waals surface area (Å²) in [4.78, 5) is 48.6. The van der Waals surface area contributed by atoms with Gasteiger partial charge in [0.15, 0.2) is 6.10 Å². The third-order valence-electron chi connectivity index (χ3n) is 13.0. The largest absolute Gasteiger partial charge is 0.472 e. The standard InChI is InChI=1S/C62H111O11P/c1-4-7-10-13-16-19-22-25-27-29-31-34-36-39-42-45-48-51-60(64)69-55-59(73-62(66)53-50-47-44-41-38-35-32-30-28-26-23-20-17-14-11-8-5-2)57-71-74(67,68)70-56-58(54-63)72-61(65)52-49-46-43-40-37-33-24-21-18-15-12-9-6-3/h8,11,17,20,26,28,32,35,41,44,58-59,63H,4-7,9-10,12-16,18-19,21-25,27,29-31,33-34,36-40,42-43,45-57H2,1-3H3,(H,67,68)/b11-8-,20-17-,28-26-,35-32-,44-41-. The van der Waals surface area contributed by atoms with Gasteiger partial charge in [0.1, 0.15) is 12.7 Å². The van der Waals surface area contributed by atoms with E-state index >= 15 is 0 Å². The minimum absolute atomic E-state index is 0.0914. The van der Waals surface area contributed by atoms with E-state index in [1.807, 2.05) is 6.08 Å². The van der Waals surface area contributed by atoms with Crippen molar-refractivity contribution in [2.24, 2.45) is 0 Å². The molecule has 430 valence electrons. The molecule has 0 heterocycles. The number of ether oxygens (including phenoxy) is 3. The van der Waals surface area contributed by atoms with Crippen LogP contribution in [0.2, 0.25) is 0 Å². The molecule has 0 aliphatic heterocycles. The summed E-state index contributed by atoms with van der Waals surface area (Å²) in [5, 5.41) is 9.82. The number of hydrogen-bond acceptors (Lipinski definition) is 10. The molecule has 0 saturated carbocycles. The lowest BCUT2D eigenvalue weighted by Crippen LogP contribution is -2.30. The van der Waals surface area contributed by atoms with Crippen LogP contribution < -0.4 is 0 Å². The van der Waals surface area contributed by atoms with Crippen LogP contribution in [0.3, 0.4) is 0 Å². The van der Waals surface area contributed by atoms with Gasteiger partial charge in [-0.1, -0.05) is 261 Å². The first-order valence-electron chi connectivity index (χ1n) is 30.2. The molecule has 0 radical (unpaired) electrons. The van der Waals surface area contributed by atoms with Gasteiger partial charge in [-0.2, -0.15) is 0 Å². The van der Waals surface area contributed by atoms with Gasteiger partial charge in [-0.05, 0) is 57.8 Å². The van der Waals surface area contributed by atoms with E-state index in [1.54, 1.807) is 0 Å². The van der Waals surface area contributed by atoms with E-state index in [1.165, 1.54) is 141 Å². The minimum atomic E-state index is -4.76. The highest BCUT2D eigenvalue weighted by molar-refractivity contribution is 7.47. The van der Waals surface area contributed by atoms with Crippen LogP contribution in [0, 0.1) is 0 Å². The van der Waals surface area contributed by atoms with Crippen molar-refractivity contribution in [1.82, 2.24) is 0 Å². The fourth-order valence-corrected chi connectivity index (χ4v) is 9.18. The number of unbranched alkanes of at least 4 members (excludes halogenated alkanes) is 29. The van der Waals surface area contributed by atoms with Crippen LogP contribution in [0.1, 0.15) is 278 Å². The van der Waals surface area contributed by atoms with Gasteiger partial charge >= 0.3 is 25.7 Å². The Morgan fingerprint density at radius 1 is 0.392 bits per heavy atom. The number of aliphatic hydroxyl groups is 1. The number of phosphoric acid groups is 1. The first-order valence-corrected chi connectivity index (χ1v) is 31.7. The van der Waals surface area contributed by atoms with E-state index < -0.39 is 57.8 Å². The molecule has 12 heteroatoms. The molecule has 0 aromatic rings. The molecular formula is C62H111O11P. The van der Waals surface area contributed by atoms with Gasteiger partial charge in [0.05, 0.1) is 19.8 Å². The molecular weight excluding hydrogens is 952 g/mol. The van der Waals surface area contributed by atoms with Crippen molar-refractivity contribution in [1.29, 1.82) is 0 Å². The third kappa shape index (κ3) is 54.0. The van der Waals surface area contributed by atoms with Gasteiger partial charge in [-0.15, -0.1) is 0 Å². The van der Waals surface area contributed by atoms with Gasteiger partial charge < -0.3 is 24.2 Å². The number of hydrogen-bond donors (Lipinski definition) is 2.